The number of carbonyl (C=O) groups is 1. The van der Waals surface area contributed by atoms with Crippen LogP contribution in [-0.4, -0.2) is 15.7 Å². The molecule has 0 aliphatic heterocycles. The van der Waals surface area contributed by atoms with Gasteiger partial charge in [0.1, 0.15) is 0 Å². The van der Waals surface area contributed by atoms with Crippen molar-refractivity contribution in [3.63, 3.8) is 0 Å². The minimum absolute atomic E-state index is 0.145. The van der Waals surface area contributed by atoms with Gasteiger partial charge in [0.25, 0.3) is 0 Å². The minimum Gasteiger partial charge on any atom is -0.282 e. The molecule has 0 bridgehead atoms. The van der Waals surface area contributed by atoms with Crippen molar-refractivity contribution in [3.05, 3.63) is 35.9 Å². The van der Waals surface area contributed by atoms with Crippen LogP contribution in [-0.2, 0) is 0 Å². The predicted molar refractivity (Wildman–Crippen MR) is 61.6 cm³/mol. The van der Waals surface area contributed by atoms with Crippen LogP contribution in [0.2, 0.25) is 0 Å². The van der Waals surface area contributed by atoms with E-state index >= 15 is 0 Å². The smallest absolute Gasteiger partial charge is 0.219 e. The van der Waals surface area contributed by atoms with E-state index in [4.69, 9.17) is 0 Å². The van der Waals surface area contributed by atoms with Crippen molar-refractivity contribution in [3.8, 4) is 0 Å². The summed E-state index contributed by atoms with van der Waals surface area (Å²) in [6, 6.07) is 9.35. The second kappa shape index (κ2) is 5.45. The third kappa shape index (κ3) is 3.96. The molecule has 0 spiro atoms. The second-order valence-electron chi connectivity index (χ2n) is 2.75. The summed E-state index contributed by atoms with van der Waals surface area (Å²) in [6.45, 7) is 2.03. The summed E-state index contributed by atoms with van der Waals surface area (Å²) in [7, 11) is 0. The molecule has 0 aromatic heterocycles. The van der Waals surface area contributed by atoms with E-state index in [9.17, 15) is 4.79 Å². The van der Waals surface area contributed by atoms with E-state index in [1.165, 1.54) is 11.8 Å². The first-order chi connectivity index (χ1) is 6.20. The summed E-state index contributed by atoms with van der Waals surface area (Å²) in [6.07, 6.45) is 0. The first-order valence-electron chi connectivity index (χ1n) is 4.06. The summed E-state index contributed by atoms with van der Waals surface area (Å²) in [4.78, 5) is 11.9. The average molecular weight is 259 g/mol. The Hall–Kier alpha value is -0.280. The molecule has 0 heterocycles. The number of halogens is 1. The second-order valence-corrected chi connectivity index (χ2v) is 5.30. The van der Waals surface area contributed by atoms with E-state index in [1.807, 2.05) is 37.3 Å². The van der Waals surface area contributed by atoms with Crippen LogP contribution in [0.25, 0.3) is 0 Å². The Kier molecular flexibility index (Phi) is 4.53. The number of thioether (sulfide) groups is 1. The Morgan fingerprint density at radius 3 is 2.62 bits per heavy atom. The van der Waals surface area contributed by atoms with Crippen LogP contribution in [0.1, 0.15) is 17.3 Å². The molecule has 1 aromatic rings. The third-order valence-corrected chi connectivity index (χ3v) is 3.37. The fourth-order valence-electron chi connectivity index (χ4n) is 0.848. The molecule has 1 unspecified atom stereocenters. The molecule has 0 radical (unpaired) electrons. The van der Waals surface area contributed by atoms with Gasteiger partial charge in [-0.05, 0) is 0 Å². The molecule has 0 N–H and O–H groups in total. The molecule has 0 aliphatic rings. The van der Waals surface area contributed by atoms with E-state index in [2.05, 4.69) is 15.9 Å². The van der Waals surface area contributed by atoms with Crippen molar-refractivity contribution < 1.29 is 4.79 Å². The van der Waals surface area contributed by atoms with Gasteiger partial charge in [0.05, 0.1) is 0 Å². The van der Waals surface area contributed by atoms with Crippen molar-refractivity contribution in [2.24, 2.45) is 0 Å². The first kappa shape index (κ1) is 10.8. The van der Waals surface area contributed by atoms with Crippen LogP contribution in [0.4, 0.5) is 0 Å². The molecule has 70 valence electrons. The summed E-state index contributed by atoms with van der Waals surface area (Å²) in [5.41, 5.74) is 0.778. The fourth-order valence-corrected chi connectivity index (χ4v) is 1.93. The van der Waals surface area contributed by atoms with Gasteiger partial charge in [-0.2, -0.15) is 0 Å². The Balaban J connectivity index is 2.50. The first-order valence-corrected chi connectivity index (χ1v) is 5.96. The molecule has 0 amide bonds. The molecule has 0 fully saturated rings. The van der Waals surface area contributed by atoms with Gasteiger partial charge in [0.15, 0.2) is 0 Å². The van der Waals surface area contributed by atoms with Crippen LogP contribution in [0.3, 0.4) is 0 Å². The molecule has 0 aliphatic carbocycles. The highest BCUT2D eigenvalue weighted by Gasteiger charge is 2.06. The van der Waals surface area contributed by atoms with Crippen LogP contribution in [0, 0.1) is 0 Å². The molecular weight excluding hydrogens is 248 g/mol. The number of benzene rings is 1. The number of alkyl halides is 1. The van der Waals surface area contributed by atoms with E-state index in [0.29, 0.717) is 4.83 Å². The lowest BCUT2D eigenvalue weighted by molar-refractivity contribution is 0.108. The van der Waals surface area contributed by atoms with Crippen LogP contribution < -0.4 is 0 Å². The van der Waals surface area contributed by atoms with Crippen molar-refractivity contribution in [2.45, 2.75) is 11.8 Å². The molecule has 0 saturated heterocycles. The minimum atomic E-state index is 0.145. The molecule has 1 rings (SSSR count). The number of rotatable bonds is 3. The van der Waals surface area contributed by atoms with Gasteiger partial charge in [-0.3, -0.25) is 4.79 Å². The summed E-state index contributed by atoms with van der Waals surface area (Å²) in [5.74, 6) is 0.813. The zero-order chi connectivity index (χ0) is 9.68. The third-order valence-electron chi connectivity index (χ3n) is 1.45. The van der Waals surface area contributed by atoms with Crippen molar-refractivity contribution >= 4 is 32.8 Å². The standard InChI is InChI=1S/C10H11BrOS/c1-8(11)7-13-10(12)9-5-3-2-4-6-9/h2-6,8H,7H2,1H3. The monoisotopic (exact) mass is 258 g/mol. The summed E-state index contributed by atoms with van der Waals surface area (Å²) >= 11 is 4.75. The Morgan fingerprint density at radius 2 is 2.08 bits per heavy atom. The molecule has 0 saturated carbocycles. The molecular formula is C10H11BrOS. The Labute approximate surface area is 91.0 Å². The largest absolute Gasteiger partial charge is 0.282 e. The van der Waals surface area contributed by atoms with Gasteiger partial charge in [-0.25, -0.2) is 0 Å². The summed E-state index contributed by atoms with van der Waals surface area (Å²) < 4.78 is 0. The Morgan fingerprint density at radius 1 is 1.46 bits per heavy atom. The molecule has 1 atom stereocenters. The van der Waals surface area contributed by atoms with E-state index in [-0.39, 0.29) is 5.12 Å². The van der Waals surface area contributed by atoms with E-state index in [0.717, 1.165) is 11.3 Å². The lowest BCUT2D eigenvalue weighted by Crippen LogP contribution is -2.00. The SMILES string of the molecule is CC(Br)CSC(=O)c1ccccc1. The fraction of sp³-hybridized carbons (Fsp3) is 0.300. The molecule has 13 heavy (non-hydrogen) atoms. The highest BCUT2D eigenvalue weighted by atomic mass is 79.9. The van der Waals surface area contributed by atoms with Crippen molar-refractivity contribution in [2.75, 3.05) is 5.75 Å². The van der Waals surface area contributed by atoms with Gasteiger partial charge in [0.2, 0.25) is 5.12 Å². The zero-order valence-corrected chi connectivity index (χ0v) is 9.77. The topological polar surface area (TPSA) is 17.1 Å². The lowest BCUT2D eigenvalue weighted by atomic mass is 10.2. The quantitative estimate of drug-likeness (QED) is 0.774. The maximum absolute atomic E-state index is 11.5. The summed E-state index contributed by atoms with van der Waals surface area (Å²) in [5, 5.41) is 0.145. The average Bonchev–Trinajstić information content (AvgIpc) is 2.15. The Bertz CT molecular complexity index is 272. The van der Waals surface area contributed by atoms with Gasteiger partial charge < -0.3 is 0 Å². The van der Waals surface area contributed by atoms with Crippen LogP contribution in [0.15, 0.2) is 30.3 Å². The molecule has 1 aromatic carbocycles. The van der Waals surface area contributed by atoms with Gasteiger partial charge in [0, 0.05) is 16.1 Å². The van der Waals surface area contributed by atoms with Gasteiger partial charge in [-0.1, -0.05) is 64.9 Å². The van der Waals surface area contributed by atoms with Crippen LogP contribution in [0.5, 0.6) is 0 Å². The van der Waals surface area contributed by atoms with Crippen molar-refractivity contribution in [1.82, 2.24) is 0 Å². The van der Waals surface area contributed by atoms with Crippen LogP contribution >= 0.6 is 27.7 Å². The maximum atomic E-state index is 11.5. The zero-order valence-electron chi connectivity index (χ0n) is 7.37. The van der Waals surface area contributed by atoms with Gasteiger partial charge in [-0.15, -0.1) is 0 Å². The number of hydrogen-bond acceptors (Lipinski definition) is 2. The highest BCUT2D eigenvalue weighted by Crippen LogP contribution is 2.15. The van der Waals surface area contributed by atoms with E-state index < -0.39 is 0 Å². The van der Waals surface area contributed by atoms with Crippen molar-refractivity contribution in [1.29, 1.82) is 0 Å². The number of carbonyl (C=O) groups excluding carboxylic acids is 1. The number of hydrogen-bond donors (Lipinski definition) is 0. The lowest BCUT2D eigenvalue weighted by Gasteiger charge is -2.01. The van der Waals surface area contributed by atoms with Gasteiger partial charge >= 0.3 is 0 Å². The predicted octanol–water partition coefficient (Wildman–Crippen LogP) is 3.34. The van der Waals surface area contributed by atoms with E-state index in [1.54, 1.807) is 0 Å². The normalized spacial score (nSPS) is 12.5. The highest BCUT2D eigenvalue weighted by molar-refractivity contribution is 9.09. The maximum Gasteiger partial charge on any atom is 0.219 e. The molecule has 1 nitrogen and oxygen atoms in total. The molecule has 3 heteroatoms.